The van der Waals surface area contributed by atoms with Gasteiger partial charge in [0.15, 0.2) is 17.9 Å². The van der Waals surface area contributed by atoms with Crippen LogP contribution in [0.4, 0.5) is 8.78 Å². The second kappa shape index (κ2) is 4.47. The fourth-order valence-electron chi connectivity index (χ4n) is 1.31. The molecule has 0 aliphatic heterocycles. The van der Waals surface area contributed by atoms with Crippen LogP contribution < -0.4 is 0 Å². The number of hydrogen-bond acceptors (Lipinski definition) is 2. The van der Waals surface area contributed by atoms with E-state index in [1.165, 1.54) is 12.1 Å². The molecule has 0 aliphatic carbocycles. The third-order valence-corrected chi connectivity index (χ3v) is 2.83. The smallest absolute Gasteiger partial charge is 0.185 e. The molecular formula is C11H4Cl2F2O2. The van der Waals surface area contributed by atoms with Gasteiger partial charge in [0, 0.05) is 5.56 Å². The number of carbonyl (C=O) groups is 1. The van der Waals surface area contributed by atoms with E-state index in [0.717, 1.165) is 6.07 Å². The Morgan fingerprint density at radius 3 is 2.47 bits per heavy atom. The van der Waals surface area contributed by atoms with Crippen LogP contribution in [0, 0.1) is 11.6 Å². The quantitative estimate of drug-likeness (QED) is 0.464. The van der Waals surface area contributed by atoms with Crippen LogP contribution in [-0.4, -0.2) is 6.29 Å². The Labute approximate surface area is 105 Å². The zero-order valence-corrected chi connectivity index (χ0v) is 9.65. The van der Waals surface area contributed by atoms with Crippen molar-refractivity contribution in [3.63, 3.8) is 0 Å². The molecule has 2 rings (SSSR count). The summed E-state index contributed by atoms with van der Waals surface area (Å²) >= 11 is 11.0. The molecule has 1 aromatic heterocycles. The summed E-state index contributed by atoms with van der Waals surface area (Å²) in [6.45, 7) is 0. The van der Waals surface area contributed by atoms with Crippen LogP contribution in [0.15, 0.2) is 22.6 Å². The first kappa shape index (κ1) is 12.1. The molecule has 0 saturated carbocycles. The van der Waals surface area contributed by atoms with E-state index >= 15 is 0 Å². The highest BCUT2D eigenvalue weighted by molar-refractivity contribution is 6.36. The Kier molecular flexibility index (Phi) is 3.17. The summed E-state index contributed by atoms with van der Waals surface area (Å²) in [4.78, 5) is 10.4. The molecule has 0 atom stereocenters. The highest BCUT2D eigenvalue weighted by atomic mass is 35.5. The molecule has 0 spiro atoms. The van der Waals surface area contributed by atoms with E-state index in [4.69, 9.17) is 27.6 Å². The van der Waals surface area contributed by atoms with Gasteiger partial charge in [-0.15, -0.1) is 0 Å². The van der Waals surface area contributed by atoms with Crippen molar-refractivity contribution in [2.75, 3.05) is 0 Å². The molecule has 17 heavy (non-hydrogen) atoms. The van der Waals surface area contributed by atoms with E-state index in [1.807, 2.05) is 0 Å². The van der Waals surface area contributed by atoms with Crippen molar-refractivity contribution in [3.05, 3.63) is 45.6 Å². The maximum absolute atomic E-state index is 13.4. The summed E-state index contributed by atoms with van der Waals surface area (Å²) in [6.07, 6.45) is 0.472. The van der Waals surface area contributed by atoms with Gasteiger partial charge in [-0.1, -0.05) is 23.2 Å². The SMILES string of the molecule is O=Cc1ccc(-c2cc(F)c(Cl)c(F)c2Cl)o1. The molecule has 0 aliphatic rings. The summed E-state index contributed by atoms with van der Waals surface area (Å²) in [5.74, 6) is -1.89. The van der Waals surface area contributed by atoms with E-state index in [2.05, 4.69) is 0 Å². The van der Waals surface area contributed by atoms with Gasteiger partial charge in [-0.25, -0.2) is 8.78 Å². The van der Waals surface area contributed by atoms with Crippen molar-refractivity contribution in [1.29, 1.82) is 0 Å². The lowest BCUT2D eigenvalue weighted by molar-refractivity contribution is 0.110. The highest BCUT2D eigenvalue weighted by Crippen LogP contribution is 2.36. The largest absolute Gasteiger partial charge is 0.453 e. The minimum atomic E-state index is -1.06. The summed E-state index contributed by atoms with van der Waals surface area (Å²) < 4.78 is 31.7. The maximum atomic E-state index is 13.4. The van der Waals surface area contributed by atoms with Crippen molar-refractivity contribution < 1.29 is 18.0 Å². The van der Waals surface area contributed by atoms with Crippen LogP contribution in [0.25, 0.3) is 11.3 Å². The molecule has 0 bridgehead atoms. The van der Waals surface area contributed by atoms with Crippen molar-refractivity contribution in [3.8, 4) is 11.3 Å². The minimum absolute atomic E-state index is 0.000772. The molecule has 6 heteroatoms. The van der Waals surface area contributed by atoms with Crippen molar-refractivity contribution in [1.82, 2.24) is 0 Å². The molecular weight excluding hydrogens is 273 g/mol. The van der Waals surface area contributed by atoms with Crippen LogP contribution in [-0.2, 0) is 0 Å². The normalized spacial score (nSPS) is 10.6. The Morgan fingerprint density at radius 2 is 1.88 bits per heavy atom. The molecule has 0 fully saturated rings. The third-order valence-electron chi connectivity index (χ3n) is 2.11. The summed E-state index contributed by atoms with van der Waals surface area (Å²) in [7, 11) is 0. The highest BCUT2D eigenvalue weighted by Gasteiger charge is 2.18. The van der Waals surface area contributed by atoms with Crippen LogP contribution in [0.5, 0.6) is 0 Å². The monoisotopic (exact) mass is 276 g/mol. The van der Waals surface area contributed by atoms with Gasteiger partial charge in [-0.2, -0.15) is 0 Å². The minimum Gasteiger partial charge on any atom is -0.453 e. The lowest BCUT2D eigenvalue weighted by atomic mass is 10.1. The van der Waals surface area contributed by atoms with Crippen LogP contribution in [0.2, 0.25) is 10.0 Å². The molecule has 1 heterocycles. The molecule has 0 saturated heterocycles. The average molecular weight is 277 g/mol. The lowest BCUT2D eigenvalue weighted by Gasteiger charge is -2.04. The van der Waals surface area contributed by atoms with E-state index in [0.29, 0.717) is 6.29 Å². The molecule has 2 aromatic rings. The summed E-state index contributed by atoms with van der Waals surface area (Å²) in [6, 6.07) is 3.70. The predicted molar refractivity (Wildman–Crippen MR) is 59.5 cm³/mol. The average Bonchev–Trinajstić information content (AvgIpc) is 2.79. The zero-order chi connectivity index (χ0) is 12.6. The van der Waals surface area contributed by atoms with Gasteiger partial charge < -0.3 is 4.42 Å². The Morgan fingerprint density at radius 1 is 1.18 bits per heavy atom. The fraction of sp³-hybridized carbons (Fsp3) is 0. The molecule has 1 aromatic carbocycles. The van der Waals surface area contributed by atoms with Crippen LogP contribution in [0.1, 0.15) is 10.6 Å². The van der Waals surface area contributed by atoms with E-state index in [1.54, 1.807) is 0 Å². The topological polar surface area (TPSA) is 30.2 Å². The van der Waals surface area contributed by atoms with Crippen LogP contribution >= 0.6 is 23.2 Å². The number of hydrogen-bond donors (Lipinski definition) is 0. The van der Waals surface area contributed by atoms with Gasteiger partial charge in [0.2, 0.25) is 0 Å². The number of rotatable bonds is 2. The molecule has 0 unspecified atom stereocenters. The first-order chi connectivity index (χ1) is 8.04. The first-order valence-corrected chi connectivity index (χ1v) is 5.18. The Hall–Kier alpha value is -1.39. The molecule has 0 radical (unpaired) electrons. The van der Waals surface area contributed by atoms with E-state index in [9.17, 15) is 13.6 Å². The maximum Gasteiger partial charge on any atom is 0.185 e. The van der Waals surface area contributed by atoms with Gasteiger partial charge in [0.25, 0.3) is 0 Å². The van der Waals surface area contributed by atoms with E-state index in [-0.39, 0.29) is 22.1 Å². The van der Waals surface area contributed by atoms with Crippen molar-refractivity contribution in [2.45, 2.75) is 0 Å². The zero-order valence-electron chi connectivity index (χ0n) is 8.14. The van der Waals surface area contributed by atoms with Gasteiger partial charge in [-0.3, -0.25) is 4.79 Å². The predicted octanol–water partition coefficient (Wildman–Crippen LogP) is 4.34. The van der Waals surface area contributed by atoms with Crippen molar-refractivity contribution >= 4 is 29.5 Å². The Bertz CT molecular complexity index is 593. The second-order valence-electron chi connectivity index (χ2n) is 3.17. The second-order valence-corrected chi connectivity index (χ2v) is 3.92. The van der Waals surface area contributed by atoms with Crippen molar-refractivity contribution in [2.24, 2.45) is 0 Å². The number of benzene rings is 1. The first-order valence-electron chi connectivity index (χ1n) is 4.43. The number of aldehydes is 1. The molecule has 88 valence electrons. The third kappa shape index (κ3) is 2.06. The number of furan rings is 1. The van der Waals surface area contributed by atoms with Crippen LogP contribution in [0.3, 0.4) is 0 Å². The van der Waals surface area contributed by atoms with Gasteiger partial charge in [0.1, 0.15) is 16.6 Å². The summed E-state index contributed by atoms with van der Waals surface area (Å²) in [5.41, 5.74) is -0.000772. The molecule has 0 N–H and O–H groups in total. The van der Waals surface area contributed by atoms with E-state index < -0.39 is 16.7 Å². The van der Waals surface area contributed by atoms with Gasteiger partial charge >= 0.3 is 0 Å². The number of carbonyl (C=O) groups excluding carboxylic acids is 1. The Balaban J connectivity index is 2.63. The molecule has 0 amide bonds. The lowest BCUT2D eigenvalue weighted by Crippen LogP contribution is -1.89. The number of halogens is 4. The standard InChI is InChI=1S/C11H4Cl2F2O2/c12-9-6(3-7(14)10(13)11(9)15)8-2-1-5(4-16)17-8/h1-4H. The fourth-order valence-corrected chi connectivity index (χ4v) is 1.75. The van der Waals surface area contributed by atoms with Gasteiger partial charge in [-0.05, 0) is 18.2 Å². The molecule has 2 nitrogen and oxygen atoms in total. The van der Waals surface area contributed by atoms with Gasteiger partial charge in [0.05, 0.1) is 5.02 Å². The summed E-state index contributed by atoms with van der Waals surface area (Å²) in [5, 5.41) is -1.04.